The lowest BCUT2D eigenvalue weighted by molar-refractivity contribution is 0.470. The molecule has 0 fully saturated rings. The molecule has 16 heavy (non-hydrogen) atoms. The summed E-state index contributed by atoms with van der Waals surface area (Å²) in [6.45, 7) is 4.04. The van der Waals surface area contributed by atoms with Crippen molar-refractivity contribution in [3.05, 3.63) is 28.6 Å². The van der Waals surface area contributed by atoms with Crippen LogP contribution in [0.1, 0.15) is 26.1 Å². The van der Waals surface area contributed by atoms with E-state index in [0.717, 1.165) is 28.8 Å². The molecule has 2 aromatic rings. The van der Waals surface area contributed by atoms with Crippen LogP contribution in [0.25, 0.3) is 5.65 Å². The summed E-state index contributed by atoms with van der Waals surface area (Å²) in [6.07, 6.45) is 3.70. The molecule has 86 valence electrons. The summed E-state index contributed by atoms with van der Waals surface area (Å²) in [7, 11) is 0. The van der Waals surface area contributed by atoms with Crippen molar-refractivity contribution in [1.82, 2.24) is 14.6 Å². The first kappa shape index (κ1) is 11.5. The highest BCUT2D eigenvalue weighted by Gasteiger charge is 2.13. The van der Waals surface area contributed by atoms with Crippen molar-refractivity contribution in [3.8, 4) is 0 Å². The first-order chi connectivity index (χ1) is 7.46. The fourth-order valence-electron chi connectivity index (χ4n) is 1.52. The first-order valence-corrected chi connectivity index (χ1v) is 6.03. The van der Waals surface area contributed by atoms with Crippen LogP contribution in [0.4, 0.5) is 0 Å². The van der Waals surface area contributed by atoms with Crippen LogP contribution in [0.15, 0.2) is 22.8 Å². The monoisotopic (exact) mass is 282 g/mol. The van der Waals surface area contributed by atoms with Crippen LogP contribution in [0, 0.1) is 0 Å². The van der Waals surface area contributed by atoms with Gasteiger partial charge in [-0.25, -0.2) is 0 Å². The van der Waals surface area contributed by atoms with Crippen molar-refractivity contribution in [2.45, 2.75) is 32.2 Å². The van der Waals surface area contributed by atoms with Crippen molar-refractivity contribution < 1.29 is 0 Å². The molecule has 0 atom stereocenters. The minimum absolute atomic E-state index is 0.169. The molecule has 2 heterocycles. The maximum atomic E-state index is 5.96. The molecule has 2 aromatic heterocycles. The maximum absolute atomic E-state index is 5.96. The van der Waals surface area contributed by atoms with Gasteiger partial charge in [-0.15, -0.1) is 10.2 Å². The number of nitrogens with two attached hydrogens (primary N) is 1. The van der Waals surface area contributed by atoms with E-state index in [9.17, 15) is 0 Å². The topological polar surface area (TPSA) is 56.2 Å². The Morgan fingerprint density at radius 1 is 1.38 bits per heavy atom. The van der Waals surface area contributed by atoms with Gasteiger partial charge in [0, 0.05) is 22.6 Å². The molecule has 0 radical (unpaired) electrons. The van der Waals surface area contributed by atoms with Crippen LogP contribution in [0.2, 0.25) is 0 Å². The number of hydrogen-bond acceptors (Lipinski definition) is 3. The van der Waals surface area contributed by atoms with Crippen LogP contribution in [0.3, 0.4) is 0 Å². The third-order valence-corrected chi connectivity index (χ3v) is 2.90. The number of rotatable bonds is 3. The highest BCUT2D eigenvalue weighted by molar-refractivity contribution is 9.10. The van der Waals surface area contributed by atoms with Crippen LogP contribution in [0.5, 0.6) is 0 Å². The van der Waals surface area contributed by atoms with Gasteiger partial charge < -0.3 is 5.73 Å². The smallest absolute Gasteiger partial charge is 0.160 e. The van der Waals surface area contributed by atoms with Gasteiger partial charge in [0.1, 0.15) is 5.82 Å². The molecule has 0 aromatic carbocycles. The molecule has 0 amide bonds. The van der Waals surface area contributed by atoms with Crippen LogP contribution in [-0.2, 0) is 6.42 Å². The third-order valence-electron chi connectivity index (χ3n) is 2.43. The van der Waals surface area contributed by atoms with Gasteiger partial charge in [-0.3, -0.25) is 4.40 Å². The van der Waals surface area contributed by atoms with E-state index in [0.29, 0.717) is 0 Å². The fourth-order valence-corrected chi connectivity index (χ4v) is 1.85. The second kappa shape index (κ2) is 4.14. The molecular formula is C11H15BrN4. The summed E-state index contributed by atoms with van der Waals surface area (Å²) in [5.74, 6) is 0.954. The van der Waals surface area contributed by atoms with Crippen LogP contribution >= 0.6 is 15.9 Å². The minimum atomic E-state index is -0.169. The molecule has 0 aliphatic rings. The fraction of sp³-hybridized carbons (Fsp3) is 0.455. The Kier molecular flexibility index (Phi) is 2.99. The van der Waals surface area contributed by atoms with E-state index in [4.69, 9.17) is 5.73 Å². The van der Waals surface area contributed by atoms with Gasteiger partial charge in [0.15, 0.2) is 5.65 Å². The average molecular weight is 283 g/mol. The zero-order valence-electron chi connectivity index (χ0n) is 9.44. The lowest BCUT2D eigenvalue weighted by Crippen LogP contribution is -2.32. The number of aryl methyl sites for hydroxylation is 1. The maximum Gasteiger partial charge on any atom is 0.160 e. The van der Waals surface area contributed by atoms with Gasteiger partial charge in [-0.2, -0.15) is 0 Å². The second-order valence-electron chi connectivity index (χ2n) is 4.68. The van der Waals surface area contributed by atoms with Crippen molar-refractivity contribution in [1.29, 1.82) is 0 Å². The zero-order chi connectivity index (χ0) is 11.8. The zero-order valence-corrected chi connectivity index (χ0v) is 11.0. The van der Waals surface area contributed by atoms with E-state index in [1.54, 1.807) is 0 Å². The number of nitrogens with zero attached hydrogens (tertiary/aromatic N) is 3. The van der Waals surface area contributed by atoms with Gasteiger partial charge in [-0.05, 0) is 48.3 Å². The molecule has 0 aliphatic heterocycles. The highest BCUT2D eigenvalue weighted by atomic mass is 79.9. The van der Waals surface area contributed by atoms with Gasteiger partial charge in [-0.1, -0.05) is 0 Å². The number of fused-ring (bicyclic) bond motifs is 1. The van der Waals surface area contributed by atoms with Crippen molar-refractivity contribution in [3.63, 3.8) is 0 Å². The number of halogens is 1. The summed E-state index contributed by atoms with van der Waals surface area (Å²) in [5, 5.41) is 8.29. The van der Waals surface area contributed by atoms with Crippen molar-refractivity contribution in [2.24, 2.45) is 5.73 Å². The van der Waals surface area contributed by atoms with E-state index >= 15 is 0 Å². The lowest BCUT2D eigenvalue weighted by Gasteiger charge is -2.17. The molecule has 0 bridgehead atoms. The van der Waals surface area contributed by atoms with Gasteiger partial charge in [0.25, 0.3) is 0 Å². The van der Waals surface area contributed by atoms with Gasteiger partial charge in [0.2, 0.25) is 0 Å². The lowest BCUT2D eigenvalue weighted by atomic mass is 10.00. The number of hydrogen-bond donors (Lipinski definition) is 1. The molecule has 2 N–H and O–H groups in total. The van der Waals surface area contributed by atoms with Gasteiger partial charge >= 0.3 is 0 Å². The molecule has 0 saturated heterocycles. The Morgan fingerprint density at radius 3 is 2.81 bits per heavy atom. The predicted molar refractivity (Wildman–Crippen MR) is 67.3 cm³/mol. The summed E-state index contributed by atoms with van der Waals surface area (Å²) < 4.78 is 3.02. The quantitative estimate of drug-likeness (QED) is 0.939. The van der Waals surface area contributed by atoms with E-state index in [1.807, 2.05) is 36.6 Å². The summed E-state index contributed by atoms with van der Waals surface area (Å²) in [4.78, 5) is 0. The number of pyridine rings is 1. The normalized spacial score (nSPS) is 12.2. The van der Waals surface area contributed by atoms with E-state index < -0.39 is 0 Å². The van der Waals surface area contributed by atoms with E-state index in [1.165, 1.54) is 0 Å². The Balaban J connectivity index is 2.28. The van der Waals surface area contributed by atoms with Crippen LogP contribution in [-0.4, -0.2) is 20.1 Å². The Morgan fingerprint density at radius 2 is 2.12 bits per heavy atom. The SMILES string of the molecule is CC(C)(N)CCc1nnc2ccc(Br)cn12. The Labute approximate surface area is 103 Å². The minimum Gasteiger partial charge on any atom is -0.326 e. The van der Waals surface area contributed by atoms with E-state index in [2.05, 4.69) is 26.1 Å². The van der Waals surface area contributed by atoms with Crippen molar-refractivity contribution >= 4 is 21.6 Å². The highest BCUT2D eigenvalue weighted by Crippen LogP contribution is 2.14. The first-order valence-electron chi connectivity index (χ1n) is 5.24. The summed E-state index contributed by atoms with van der Waals surface area (Å²) in [6, 6.07) is 3.90. The second-order valence-corrected chi connectivity index (χ2v) is 5.60. The molecule has 5 heteroatoms. The molecule has 0 aliphatic carbocycles. The van der Waals surface area contributed by atoms with E-state index in [-0.39, 0.29) is 5.54 Å². The largest absolute Gasteiger partial charge is 0.326 e. The summed E-state index contributed by atoms with van der Waals surface area (Å²) >= 11 is 3.44. The molecule has 0 unspecified atom stereocenters. The third kappa shape index (κ3) is 2.59. The van der Waals surface area contributed by atoms with Gasteiger partial charge in [0.05, 0.1) is 0 Å². The standard InChI is InChI=1S/C11H15BrN4/c1-11(2,13)6-5-10-15-14-9-4-3-8(12)7-16(9)10/h3-4,7H,5-6,13H2,1-2H3. The number of aromatic nitrogens is 3. The average Bonchev–Trinajstić information content (AvgIpc) is 2.56. The molecule has 2 rings (SSSR count). The molecule has 0 saturated carbocycles. The molecule has 0 spiro atoms. The summed E-state index contributed by atoms with van der Waals surface area (Å²) in [5.41, 5.74) is 6.66. The predicted octanol–water partition coefficient (Wildman–Crippen LogP) is 2.16. The Bertz CT molecular complexity index is 498. The molecule has 4 nitrogen and oxygen atoms in total. The van der Waals surface area contributed by atoms with Crippen molar-refractivity contribution in [2.75, 3.05) is 0 Å². The Hall–Kier alpha value is -0.940. The molecular weight excluding hydrogens is 268 g/mol. The van der Waals surface area contributed by atoms with Crippen LogP contribution < -0.4 is 5.73 Å².